The topological polar surface area (TPSA) is 67.4 Å². The largest absolute Gasteiger partial charge is 0.497 e. The summed E-state index contributed by atoms with van der Waals surface area (Å²) in [7, 11) is 1.66. The summed E-state index contributed by atoms with van der Waals surface area (Å²) in [4.78, 5) is 22.9. The number of hydrogen-bond acceptors (Lipinski definition) is 5. The fourth-order valence-electron chi connectivity index (χ4n) is 2.71. The van der Waals surface area contributed by atoms with Crippen molar-refractivity contribution < 1.29 is 9.53 Å². The minimum Gasteiger partial charge on any atom is -0.497 e. The summed E-state index contributed by atoms with van der Waals surface area (Å²) >= 11 is 0. The van der Waals surface area contributed by atoms with Crippen LogP contribution in [0.1, 0.15) is 42.7 Å². The third-order valence-corrected chi connectivity index (χ3v) is 4.00. The maximum atomic E-state index is 12.5. The molecule has 6 nitrogen and oxygen atoms in total. The molecule has 1 aromatic heterocycles. The molecule has 0 bridgehead atoms. The van der Waals surface area contributed by atoms with Crippen molar-refractivity contribution in [1.29, 1.82) is 0 Å². The van der Waals surface area contributed by atoms with Crippen LogP contribution in [-0.2, 0) is 6.42 Å². The Morgan fingerprint density at radius 1 is 1.15 bits per heavy atom. The number of nitrogens with one attached hydrogen (secondary N) is 1. The molecule has 0 radical (unpaired) electrons. The highest BCUT2D eigenvalue weighted by Crippen LogP contribution is 2.13. The Bertz CT molecular complexity index is 682. The van der Waals surface area contributed by atoms with Crippen molar-refractivity contribution in [3.05, 3.63) is 47.9 Å². The van der Waals surface area contributed by atoms with Gasteiger partial charge in [-0.05, 0) is 37.0 Å². The lowest BCUT2D eigenvalue weighted by Gasteiger charge is -2.20. The van der Waals surface area contributed by atoms with Crippen LogP contribution in [0.3, 0.4) is 0 Å². The van der Waals surface area contributed by atoms with Gasteiger partial charge >= 0.3 is 0 Å². The van der Waals surface area contributed by atoms with Crippen molar-refractivity contribution in [3.63, 3.8) is 0 Å². The van der Waals surface area contributed by atoms with Crippen LogP contribution in [0.4, 0.5) is 5.82 Å². The van der Waals surface area contributed by atoms with Crippen LogP contribution < -0.4 is 10.1 Å². The molecular weight excluding hydrogens is 328 g/mol. The summed E-state index contributed by atoms with van der Waals surface area (Å²) < 4.78 is 5.23. The van der Waals surface area contributed by atoms with Gasteiger partial charge in [0.15, 0.2) is 0 Å². The molecule has 1 amide bonds. The SMILES string of the molecule is CCCN(CCC)C(=O)c1cnc(NCCc2cccc(OC)c2)cn1. The van der Waals surface area contributed by atoms with Gasteiger partial charge in [0.05, 0.1) is 19.5 Å². The van der Waals surface area contributed by atoms with Crippen molar-refractivity contribution in [2.75, 3.05) is 32.1 Å². The molecule has 0 atom stereocenters. The van der Waals surface area contributed by atoms with Crippen LogP contribution >= 0.6 is 0 Å². The van der Waals surface area contributed by atoms with Gasteiger partial charge in [-0.2, -0.15) is 0 Å². The molecule has 0 saturated heterocycles. The molecule has 1 N–H and O–H groups in total. The van der Waals surface area contributed by atoms with Gasteiger partial charge in [0.25, 0.3) is 5.91 Å². The van der Waals surface area contributed by atoms with E-state index in [0.717, 1.165) is 44.6 Å². The second-order valence-electron chi connectivity index (χ2n) is 6.11. The van der Waals surface area contributed by atoms with Gasteiger partial charge < -0.3 is 15.0 Å². The molecule has 0 aliphatic rings. The summed E-state index contributed by atoms with van der Waals surface area (Å²) in [6.07, 6.45) is 5.88. The number of benzene rings is 1. The van der Waals surface area contributed by atoms with Crippen LogP contribution in [0.2, 0.25) is 0 Å². The molecular formula is C20H28N4O2. The zero-order valence-electron chi connectivity index (χ0n) is 15.9. The molecule has 0 aliphatic heterocycles. The fraction of sp³-hybridized carbons (Fsp3) is 0.450. The Labute approximate surface area is 155 Å². The predicted octanol–water partition coefficient (Wildman–Crippen LogP) is 3.40. The van der Waals surface area contributed by atoms with E-state index in [-0.39, 0.29) is 5.91 Å². The monoisotopic (exact) mass is 356 g/mol. The summed E-state index contributed by atoms with van der Waals surface area (Å²) in [5.41, 5.74) is 1.58. The number of methoxy groups -OCH3 is 1. The maximum Gasteiger partial charge on any atom is 0.274 e. The maximum absolute atomic E-state index is 12.5. The summed E-state index contributed by atoms with van der Waals surface area (Å²) in [5.74, 6) is 1.47. The van der Waals surface area contributed by atoms with Gasteiger partial charge in [-0.1, -0.05) is 26.0 Å². The molecule has 1 heterocycles. The number of ether oxygens (including phenoxy) is 1. The van der Waals surface area contributed by atoms with E-state index in [4.69, 9.17) is 4.74 Å². The molecule has 0 aliphatic carbocycles. The molecule has 1 aromatic carbocycles. The number of rotatable bonds is 10. The molecule has 6 heteroatoms. The quantitative estimate of drug-likeness (QED) is 0.707. The predicted molar refractivity (Wildman–Crippen MR) is 104 cm³/mol. The fourth-order valence-corrected chi connectivity index (χ4v) is 2.71. The van der Waals surface area contributed by atoms with Crippen LogP contribution in [-0.4, -0.2) is 47.5 Å². The Hall–Kier alpha value is -2.63. The van der Waals surface area contributed by atoms with Gasteiger partial charge in [0.1, 0.15) is 17.3 Å². The highest BCUT2D eigenvalue weighted by Gasteiger charge is 2.15. The first-order valence-corrected chi connectivity index (χ1v) is 9.16. The second kappa shape index (κ2) is 10.4. The number of nitrogens with zero attached hydrogens (tertiary/aromatic N) is 3. The van der Waals surface area contributed by atoms with E-state index in [1.54, 1.807) is 19.5 Å². The number of carbonyl (C=O) groups excluding carboxylic acids is 1. The average molecular weight is 356 g/mol. The Kier molecular flexibility index (Phi) is 7.86. The highest BCUT2D eigenvalue weighted by atomic mass is 16.5. The number of amides is 1. The van der Waals surface area contributed by atoms with E-state index in [2.05, 4.69) is 35.2 Å². The lowest BCUT2D eigenvalue weighted by Crippen LogP contribution is -2.33. The van der Waals surface area contributed by atoms with Gasteiger partial charge in [0.2, 0.25) is 0 Å². The molecule has 0 saturated carbocycles. The molecule has 0 fully saturated rings. The summed E-state index contributed by atoms with van der Waals surface area (Å²) in [6.45, 7) is 6.35. The minimum absolute atomic E-state index is 0.0517. The van der Waals surface area contributed by atoms with Crippen molar-refractivity contribution in [2.45, 2.75) is 33.1 Å². The molecule has 140 valence electrons. The third-order valence-electron chi connectivity index (χ3n) is 4.00. The minimum atomic E-state index is -0.0517. The van der Waals surface area contributed by atoms with Gasteiger partial charge in [-0.3, -0.25) is 4.79 Å². The summed E-state index contributed by atoms with van der Waals surface area (Å²) in [6, 6.07) is 7.99. The van der Waals surface area contributed by atoms with Crippen molar-refractivity contribution in [2.24, 2.45) is 0 Å². The van der Waals surface area contributed by atoms with Crippen LogP contribution in [0.5, 0.6) is 5.75 Å². The lowest BCUT2D eigenvalue weighted by atomic mass is 10.1. The normalized spacial score (nSPS) is 10.4. The smallest absolute Gasteiger partial charge is 0.274 e. The Morgan fingerprint density at radius 2 is 1.92 bits per heavy atom. The van der Waals surface area contributed by atoms with Gasteiger partial charge in [-0.25, -0.2) is 9.97 Å². The van der Waals surface area contributed by atoms with Gasteiger partial charge in [-0.15, -0.1) is 0 Å². The zero-order valence-corrected chi connectivity index (χ0v) is 15.9. The van der Waals surface area contributed by atoms with E-state index < -0.39 is 0 Å². The molecule has 0 unspecified atom stereocenters. The Morgan fingerprint density at radius 3 is 2.54 bits per heavy atom. The Balaban J connectivity index is 1.89. The lowest BCUT2D eigenvalue weighted by molar-refractivity contribution is 0.0749. The van der Waals surface area contributed by atoms with E-state index in [1.807, 2.05) is 23.1 Å². The number of aromatic nitrogens is 2. The van der Waals surface area contributed by atoms with E-state index in [9.17, 15) is 4.79 Å². The number of hydrogen-bond donors (Lipinski definition) is 1. The zero-order chi connectivity index (χ0) is 18.8. The second-order valence-corrected chi connectivity index (χ2v) is 6.11. The van der Waals surface area contributed by atoms with Crippen molar-refractivity contribution in [3.8, 4) is 5.75 Å². The van der Waals surface area contributed by atoms with Crippen molar-refractivity contribution in [1.82, 2.24) is 14.9 Å². The first kappa shape index (κ1) is 19.7. The molecule has 26 heavy (non-hydrogen) atoms. The number of anilines is 1. The first-order chi connectivity index (χ1) is 12.7. The van der Waals surface area contributed by atoms with E-state index in [1.165, 1.54) is 5.56 Å². The van der Waals surface area contributed by atoms with Gasteiger partial charge in [0, 0.05) is 19.6 Å². The molecule has 2 rings (SSSR count). The third kappa shape index (κ3) is 5.72. The standard InChI is InChI=1S/C20H28N4O2/c1-4-11-24(12-5-2)20(25)18-14-23-19(15-22-18)21-10-9-16-7-6-8-17(13-16)26-3/h6-8,13-15H,4-5,9-12H2,1-3H3,(H,21,23). The van der Waals surface area contributed by atoms with Crippen LogP contribution in [0.15, 0.2) is 36.7 Å². The van der Waals surface area contributed by atoms with Crippen LogP contribution in [0.25, 0.3) is 0 Å². The first-order valence-electron chi connectivity index (χ1n) is 9.16. The van der Waals surface area contributed by atoms with Crippen molar-refractivity contribution >= 4 is 11.7 Å². The number of carbonyl (C=O) groups is 1. The van der Waals surface area contributed by atoms with E-state index in [0.29, 0.717) is 11.5 Å². The van der Waals surface area contributed by atoms with Crippen LogP contribution in [0, 0.1) is 0 Å². The summed E-state index contributed by atoms with van der Waals surface area (Å²) in [5, 5.41) is 3.24. The highest BCUT2D eigenvalue weighted by molar-refractivity contribution is 5.92. The average Bonchev–Trinajstić information content (AvgIpc) is 2.68. The van der Waals surface area contributed by atoms with E-state index >= 15 is 0 Å². The molecule has 2 aromatic rings. The molecule has 0 spiro atoms.